The molecule has 3 nitrogen and oxygen atoms in total. The molecule has 1 aliphatic heterocycles. The number of nitrogens with two attached hydrogens (primary N) is 1. The van der Waals surface area contributed by atoms with Crippen molar-refractivity contribution < 1.29 is 0 Å². The van der Waals surface area contributed by atoms with Crippen LogP contribution in [0, 0.1) is 0 Å². The van der Waals surface area contributed by atoms with Gasteiger partial charge in [-0.3, -0.25) is 0 Å². The molecule has 0 saturated heterocycles. The van der Waals surface area contributed by atoms with Crippen LogP contribution >= 0.6 is 11.6 Å². The Morgan fingerprint density at radius 1 is 1.33 bits per heavy atom. The minimum absolute atomic E-state index is 0.368. The molecule has 1 aromatic heterocycles. The molecule has 3 rings (SSSR count). The summed E-state index contributed by atoms with van der Waals surface area (Å²) < 4.78 is 0. The van der Waals surface area contributed by atoms with Gasteiger partial charge in [0.1, 0.15) is 11.0 Å². The number of fused-ring (bicyclic) bond motifs is 1. The van der Waals surface area contributed by atoms with E-state index in [0.29, 0.717) is 16.9 Å². The van der Waals surface area contributed by atoms with Crippen LogP contribution in [0.15, 0.2) is 36.4 Å². The van der Waals surface area contributed by atoms with Crippen molar-refractivity contribution in [2.45, 2.75) is 19.4 Å². The van der Waals surface area contributed by atoms with Crippen LogP contribution in [-0.4, -0.2) is 11.0 Å². The number of aromatic nitrogens is 1. The monoisotopic (exact) mass is 259 g/mol. The fraction of sp³-hybridized carbons (Fsp3) is 0.214. The van der Waals surface area contributed by atoms with Crippen molar-refractivity contribution >= 4 is 28.8 Å². The van der Waals surface area contributed by atoms with Gasteiger partial charge < -0.3 is 10.6 Å². The van der Waals surface area contributed by atoms with Gasteiger partial charge in [0.25, 0.3) is 0 Å². The molecule has 2 N–H and O–H groups in total. The van der Waals surface area contributed by atoms with E-state index in [2.05, 4.69) is 35.0 Å². The molecule has 92 valence electrons. The van der Waals surface area contributed by atoms with Gasteiger partial charge in [-0.25, -0.2) is 4.98 Å². The second-order valence-electron chi connectivity index (χ2n) is 4.63. The number of hydrogen-bond acceptors (Lipinski definition) is 3. The summed E-state index contributed by atoms with van der Waals surface area (Å²) in [5.41, 5.74) is 9.01. The van der Waals surface area contributed by atoms with Crippen molar-refractivity contribution in [3.8, 4) is 0 Å². The van der Waals surface area contributed by atoms with Gasteiger partial charge in [0, 0.05) is 23.5 Å². The fourth-order valence-corrected chi connectivity index (χ4v) is 2.75. The number of benzene rings is 1. The Kier molecular flexibility index (Phi) is 2.63. The zero-order valence-corrected chi connectivity index (χ0v) is 10.9. The molecule has 0 bridgehead atoms. The zero-order valence-electron chi connectivity index (χ0n) is 10.1. The van der Waals surface area contributed by atoms with E-state index in [4.69, 9.17) is 17.3 Å². The lowest BCUT2D eigenvalue weighted by molar-refractivity contribution is 0.751. The van der Waals surface area contributed by atoms with Crippen molar-refractivity contribution in [2.24, 2.45) is 0 Å². The van der Waals surface area contributed by atoms with Crippen LogP contribution in [0.4, 0.5) is 17.2 Å². The number of pyridine rings is 1. The summed E-state index contributed by atoms with van der Waals surface area (Å²) in [7, 11) is 0. The topological polar surface area (TPSA) is 42.1 Å². The summed E-state index contributed by atoms with van der Waals surface area (Å²) >= 11 is 5.99. The first-order chi connectivity index (χ1) is 8.65. The lowest BCUT2D eigenvalue weighted by Gasteiger charge is -2.24. The van der Waals surface area contributed by atoms with Crippen molar-refractivity contribution in [1.82, 2.24) is 4.98 Å². The maximum absolute atomic E-state index is 5.99. The van der Waals surface area contributed by atoms with Crippen LogP contribution in [0.25, 0.3) is 0 Å². The van der Waals surface area contributed by atoms with Crippen LogP contribution in [-0.2, 0) is 6.42 Å². The van der Waals surface area contributed by atoms with Gasteiger partial charge in [-0.15, -0.1) is 0 Å². The first kappa shape index (κ1) is 11.4. The van der Waals surface area contributed by atoms with Crippen molar-refractivity contribution in [3.63, 3.8) is 0 Å². The molecule has 0 radical (unpaired) electrons. The number of anilines is 3. The van der Waals surface area contributed by atoms with E-state index >= 15 is 0 Å². The number of halogens is 1. The van der Waals surface area contributed by atoms with E-state index in [1.165, 1.54) is 11.3 Å². The summed E-state index contributed by atoms with van der Waals surface area (Å²) in [6, 6.07) is 12.3. The van der Waals surface area contributed by atoms with Crippen molar-refractivity contribution in [1.29, 1.82) is 0 Å². The molecule has 0 aliphatic carbocycles. The first-order valence-corrected chi connectivity index (χ1v) is 6.33. The lowest BCUT2D eigenvalue weighted by Crippen LogP contribution is -2.24. The quantitative estimate of drug-likeness (QED) is 0.798. The highest BCUT2D eigenvalue weighted by Gasteiger charge is 2.27. The summed E-state index contributed by atoms with van der Waals surface area (Å²) in [6.45, 7) is 2.18. The lowest BCUT2D eigenvalue weighted by atomic mass is 10.1. The minimum Gasteiger partial charge on any atom is -0.399 e. The van der Waals surface area contributed by atoms with Crippen LogP contribution in [0.2, 0.25) is 5.15 Å². The molecule has 1 atom stereocenters. The molecule has 0 fully saturated rings. The molecule has 0 spiro atoms. The second kappa shape index (κ2) is 4.18. The van der Waals surface area contributed by atoms with Crippen LogP contribution < -0.4 is 10.6 Å². The minimum atomic E-state index is 0.368. The molecule has 1 unspecified atom stereocenters. The van der Waals surface area contributed by atoms with Crippen LogP contribution in [0.3, 0.4) is 0 Å². The number of para-hydroxylation sites is 1. The summed E-state index contributed by atoms with van der Waals surface area (Å²) in [5.74, 6) is 0.817. The van der Waals surface area contributed by atoms with Gasteiger partial charge in [-0.05, 0) is 31.0 Å². The smallest absolute Gasteiger partial charge is 0.137 e. The third-order valence-corrected chi connectivity index (χ3v) is 3.45. The van der Waals surface area contributed by atoms with Gasteiger partial charge in [0.05, 0.1) is 0 Å². The number of nitrogen functional groups attached to an aromatic ring is 1. The molecule has 2 aromatic rings. The average Bonchev–Trinajstić information content (AvgIpc) is 2.63. The van der Waals surface area contributed by atoms with Gasteiger partial charge in [0.15, 0.2) is 0 Å². The Labute approximate surface area is 111 Å². The number of rotatable bonds is 1. The highest BCUT2D eigenvalue weighted by molar-refractivity contribution is 6.29. The second-order valence-corrected chi connectivity index (χ2v) is 5.02. The number of nitrogens with zero attached hydrogens (tertiary/aromatic N) is 2. The van der Waals surface area contributed by atoms with Gasteiger partial charge in [-0.2, -0.15) is 0 Å². The Hall–Kier alpha value is -1.74. The van der Waals surface area contributed by atoms with Crippen molar-refractivity contribution in [2.75, 3.05) is 10.6 Å². The molecular weight excluding hydrogens is 246 g/mol. The number of hydrogen-bond donors (Lipinski definition) is 1. The van der Waals surface area contributed by atoms with E-state index in [-0.39, 0.29) is 0 Å². The molecule has 0 saturated carbocycles. The standard InChI is InChI=1S/C14H14ClN3/c1-9-6-10-4-2-3-5-12(10)18(9)14-8-11(16)7-13(15)17-14/h2-5,7-9H,6H2,1H3,(H2,16,17). The average molecular weight is 260 g/mol. The molecule has 4 heteroatoms. The Morgan fingerprint density at radius 2 is 2.11 bits per heavy atom. The van der Waals surface area contributed by atoms with E-state index < -0.39 is 0 Å². The Bertz CT molecular complexity index is 577. The van der Waals surface area contributed by atoms with Crippen LogP contribution in [0.1, 0.15) is 12.5 Å². The third-order valence-electron chi connectivity index (χ3n) is 3.26. The highest BCUT2D eigenvalue weighted by atomic mass is 35.5. The predicted octanol–water partition coefficient (Wildman–Crippen LogP) is 3.40. The van der Waals surface area contributed by atoms with Gasteiger partial charge >= 0.3 is 0 Å². The van der Waals surface area contributed by atoms with E-state index in [1.54, 1.807) is 6.07 Å². The third kappa shape index (κ3) is 1.81. The molecular formula is C14H14ClN3. The Morgan fingerprint density at radius 3 is 2.89 bits per heavy atom. The molecule has 2 heterocycles. The normalized spacial score (nSPS) is 17.9. The summed E-state index contributed by atoms with van der Waals surface area (Å²) in [4.78, 5) is 6.57. The van der Waals surface area contributed by atoms with Crippen molar-refractivity contribution in [3.05, 3.63) is 47.1 Å². The zero-order chi connectivity index (χ0) is 12.7. The van der Waals surface area contributed by atoms with Crippen LogP contribution in [0.5, 0.6) is 0 Å². The SMILES string of the molecule is CC1Cc2ccccc2N1c1cc(N)cc(Cl)n1. The molecule has 0 amide bonds. The maximum Gasteiger partial charge on any atom is 0.137 e. The predicted molar refractivity (Wildman–Crippen MR) is 75.4 cm³/mol. The first-order valence-electron chi connectivity index (χ1n) is 5.95. The van der Waals surface area contributed by atoms with E-state index in [0.717, 1.165) is 12.2 Å². The molecule has 1 aliphatic rings. The summed E-state index contributed by atoms with van der Waals surface area (Å²) in [5, 5.41) is 0.432. The molecule has 1 aromatic carbocycles. The van der Waals surface area contributed by atoms with E-state index in [1.807, 2.05) is 12.1 Å². The fourth-order valence-electron chi connectivity index (χ4n) is 2.54. The van der Waals surface area contributed by atoms with Gasteiger partial charge in [-0.1, -0.05) is 29.8 Å². The van der Waals surface area contributed by atoms with E-state index in [9.17, 15) is 0 Å². The largest absolute Gasteiger partial charge is 0.399 e. The van der Waals surface area contributed by atoms with Gasteiger partial charge in [0.2, 0.25) is 0 Å². The summed E-state index contributed by atoms with van der Waals surface area (Å²) in [6.07, 6.45) is 1.02. The maximum atomic E-state index is 5.99. The highest BCUT2D eigenvalue weighted by Crippen LogP contribution is 2.38. The molecule has 18 heavy (non-hydrogen) atoms. The Balaban J connectivity index is 2.11.